The van der Waals surface area contributed by atoms with Crippen LogP contribution in [0.15, 0.2) is 0 Å². The first-order valence-electron chi connectivity index (χ1n) is 17.3. The number of aliphatic carboxylic acids is 5. The number of aliphatic hydroxyl groups is 25. The topological polar surface area (TPSA) is 706 Å². The Kier molecular flexibility index (Phi) is 49.7. The molecule has 0 amide bonds. The minimum absolute atomic E-state index is 0. The zero-order valence-corrected chi connectivity index (χ0v) is 38.8. The summed E-state index contributed by atoms with van der Waals surface area (Å²) in [4.78, 5) is 49.9. The molecule has 20 atom stereocenters. The molecule has 0 bridgehead atoms. The number of carboxylic acid groups (broad SMARTS) is 5. The number of carbonyl (C=O) groups excluding carboxylic acids is 5. The molecule has 67 heavy (non-hydrogen) atoms. The molecular formula is C30H55NaO35Zr. The van der Waals surface area contributed by atoms with E-state index in [0.717, 1.165) is 0 Å². The van der Waals surface area contributed by atoms with Crippen LogP contribution in [0.5, 0.6) is 0 Å². The van der Waals surface area contributed by atoms with E-state index in [-0.39, 0.29) is 55.8 Å². The third-order valence-corrected chi connectivity index (χ3v) is 7.48. The van der Waals surface area contributed by atoms with Crippen molar-refractivity contribution in [2.24, 2.45) is 0 Å². The Morgan fingerprint density at radius 2 is 0.343 bits per heavy atom. The molecule has 0 radical (unpaired) electrons. The van der Waals surface area contributed by atoms with Crippen LogP contribution in [0.1, 0.15) is 0 Å². The summed E-state index contributed by atoms with van der Waals surface area (Å²) in [5.41, 5.74) is 0. The average molecular weight is 1090 g/mol. The zero-order valence-electron chi connectivity index (χ0n) is 34.3. The fourth-order valence-corrected chi connectivity index (χ4v) is 3.31. The van der Waals surface area contributed by atoms with Crippen molar-refractivity contribution in [2.75, 3.05) is 33.0 Å². The number of aliphatic hydroxyl groups excluding tert-OH is 25. The van der Waals surface area contributed by atoms with Gasteiger partial charge in [0.25, 0.3) is 0 Å². The Hall–Kier alpha value is -1.77. The molecule has 0 fully saturated rings. The summed E-state index contributed by atoms with van der Waals surface area (Å²) in [6, 6.07) is 0. The third kappa shape index (κ3) is 32.0. The number of hydrogen-bond donors (Lipinski definition) is 25. The van der Waals surface area contributed by atoms with Crippen LogP contribution in [0.4, 0.5) is 0 Å². The maximum atomic E-state index is 9.98. The first-order valence-corrected chi connectivity index (χ1v) is 17.3. The Labute approximate surface area is 416 Å². The Morgan fingerprint density at radius 3 is 0.403 bits per heavy atom. The normalized spacial score (nSPS) is 19.8. The van der Waals surface area contributed by atoms with Gasteiger partial charge in [-0.3, -0.25) is 0 Å². The summed E-state index contributed by atoms with van der Waals surface area (Å²) in [6.45, 7) is -4.32. The van der Waals surface area contributed by atoms with Gasteiger partial charge >= 0.3 is 55.8 Å². The Balaban J connectivity index is -0.000000133. The molecule has 37 heteroatoms. The van der Waals surface area contributed by atoms with Gasteiger partial charge in [0.05, 0.1) is 62.9 Å². The zero-order chi connectivity index (χ0) is 53.0. The van der Waals surface area contributed by atoms with Crippen molar-refractivity contribution in [1.29, 1.82) is 0 Å². The van der Waals surface area contributed by atoms with Crippen LogP contribution in [0.3, 0.4) is 0 Å². The molecule has 0 unspecified atom stereocenters. The summed E-state index contributed by atoms with van der Waals surface area (Å²) >= 11 is 0. The minimum atomic E-state index is -2.31. The van der Waals surface area contributed by atoms with E-state index in [1.165, 1.54) is 0 Å². The van der Waals surface area contributed by atoms with Crippen molar-refractivity contribution < 1.29 is 233 Å². The third-order valence-electron chi connectivity index (χ3n) is 7.48. The molecule has 0 saturated carbocycles. The predicted octanol–water partition coefficient (Wildman–Crippen LogP) is -27.1. The van der Waals surface area contributed by atoms with E-state index in [1.807, 2.05) is 0 Å². The minimum Gasteiger partial charge on any atom is -0.547 e. The van der Waals surface area contributed by atoms with E-state index in [4.69, 9.17) is 128 Å². The smallest absolute Gasteiger partial charge is 0.547 e. The van der Waals surface area contributed by atoms with E-state index in [9.17, 15) is 49.5 Å². The van der Waals surface area contributed by atoms with Gasteiger partial charge in [-0.2, -0.15) is 0 Å². The van der Waals surface area contributed by atoms with Crippen LogP contribution in [0.25, 0.3) is 0 Å². The van der Waals surface area contributed by atoms with E-state index < -0.39 is 185 Å². The van der Waals surface area contributed by atoms with Gasteiger partial charge in [-0.1, -0.05) is 0 Å². The van der Waals surface area contributed by atoms with E-state index in [2.05, 4.69) is 0 Å². The van der Waals surface area contributed by atoms with E-state index in [0.29, 0.717) is 0 Å². The Bertz CT molecular complexity index is 1090. The molecule has 0 heterocycles. The first-order chi connectivity index (χ1) is 29.6. The SMILES string of the molecule is O=C([O-])[C@H](O)[C@@H](O)[C@H](O)[C@H](O)CO.O=C([O-])[C@H](O)[C@@H](O)[C@H](O)[C@H](O)CO.O=C([O-])[C@H](O)[C@@H](O)[C@H](O)[C@H](O)CO.O=C([O-])[C@H](O)[C@@H](O)[C@H](O)[C@H](O)CO.O=C([O-])[C@H](O)[C@@H](O)[C@H](O)[C@H](O)CO.[Na+].[Zr+4]. The second kappa shape index (κ2) is 42.0. The number of carbonyl (C=O) groups is 5. The van der Waals surface area contributed by atoms with Gasteiger partial charge in [-0.25, -0.2) is 0 Å². The van der Waals surface area contributed by atoms with E-state index in [1.54, 1.807) is 0 Å². The van der Waals surface area contributed by atoms with Crippen LogP contribution in [0.2, 0.25) is 0 Å². The van der Waals surface area contributed by atoms with Crippen LogP contribution >= 0.6 is 0 Å². The van der Waals surface area contributed by atoms with Crippen LogP contribution in [-0.2, 0) is 50.2 Å². The number of carboxylic acids is 5. The fraction of sp³-hybridized carbons (Fsp3) is 0.833. The molecule has 0 aromatic heterocycles. The summed E-state index contributed by atoms with van der Waals surface area (Å²) in [5.74, 6) is -9.88. The van der Waals surface area contributed by atoms with Gasteiger partial charge in [0.2, 0.25) is 0 Å². The van der Waals surface area contributed by atoms with Gasteiger partial charge in [0.15, 0.2) is 0 Å². The van der Waals surface area contributed by atoms with Crippen molar-refractivity contribution in [3.05, 3.63) is 0 Å². The quantitative estimate of drug-likeness (QED) is 0.0378. The van der Waals surface area contributed by atoms with Gasteiger partial charge in [-0.15, -0.1) is 0 Å². The average Bonchev–Trinajstić information content (AvgIpc) is 3.28. The molecule has 0 aliphatic heterocycles. The molecule has 0 aliphatic rings. The summed E-state index contributed by atoms with van der Waals surface area (Å²) in [7, 11) is 0. The van der Waals surface area contributed by atoms with Crippen molar-refractivity contribution in [3.8, 4) is 0 Å². The summed E-state index contributed by atoms with van der Waals surface area (Å²) < 4.78 is 0. The molecular weight excluding hydrogens is 1030 g/mol. The molecule has 0 saturated heterocycles. The van der Waals surface area contributed by atoms with Gasteiger partial charge < -0.3 is 177 Å². The monoisotopic (exact) mass is 1090 g/mol. The molecule has 0 spiro atoms. The van der Waals surface area contributed by atoms with Crippen LogP contribution in [0, 0.1) is 0 Å². The maximum absolute atomic E-state index is 9.98. The number of hydrogen-bond acceptors (Lipinski definition) is 35. The van der Waals surface area contributed by atoms with Crippen molar-refractivity contribution in [3.63, 3.8) is 0 Å². The van der Waals surface area contributed by atoms with Crippen molar-refractivity contribution >= 4 is 29.8 Å². The van der Waals surface area contributed by atoms with Crippen molar-refractivity contribution in [2.45, 2.75) is 122 Å². The molecule has 0 aromatic rings. The maximum Gasteiger partial charge on any atom is 4.00 e. The molecule has 0 aromatic carbocycles. The van der Waals surface area contributed by atoms with Crippen molar-refractivity contribution in [1.82, 2.24) is 0 Å². The van der Waals surface area contributed by atoms with E-state index >= 15 is 0 Å². The van der Waals surface area contributed by atoms with Gasteiger partial charge in [0, 0.05) is 0 Å². The Morgan fingerprint density at radius 1 is 0.254 bits per heavy atom. The molecule has 0 aliphatic carbocycles. The first kappa shape index (κ1) is 79.4. The second-order valence-electron chi connectivity index (χ2n) is 12.5. The van der Waals surface area contributed by atoms with Crippen LogP contribution < -0.4 is 55.1 Å². The van der Waals surface area contributed by atoms with Crippen LogP contribution in [-0.4, -0.2) is 313 Å². The summed E-state index contributed by atoms with van der Waals surface area (Å²) in [5, 5.41) is 267. The number of rotatable bonds is 25. The summed E-state index contributed by atoms with van der Waals surface area (Å²) in [6.07, 6.45) is -40.4. The second-order valence-corrected chi connectivity index (χ2v) is 12.5. The largest absolute Gasteiger partial charge is 4.00 e. The van der Waals surface area contributed by atoms with Gasteiger partial charge in [-0.05, 0) is 0 Å². The molecule has 0 rings (SSSR count). The fourth-order valence-electron chi connectivity index (χ4n) is 3.31. The predicted molar refractivity (Wildman–Crippen MR) is 181 cm³/mol. The van der Waals surface area contributed by atoms with Gasteiger partial charge in [0.1, 0.15) is 122 Å². The molecule has 25 N–H and O–H groups in total. The molecule has 35 nitrogen and oxygen atoms in total. The standard InChI is InChI=1S/5C6H12O7.Na.Zr/c5*7-1-2(8)3(9)4(10)5(11)6(12)13;;/h5*2-5,7-11H,1H2,(H,12,13);;/q;;;;;+1;+4/p-5/t5*2-,3-,4+,5-;;/m11111../s1. The molecule has 390 valence electrons.